The van der Waals surface area contributed by atoms with E-state index in [1.807, 2.05) is 30.3 Å². The predicted molar refractivity (Wildman–Crippen MR) is 74.1 cm³/mol. The quantitative estimate of drug-likeness (QED) is 0.801. The van der Waals surface area contributed by atoms with Crippen molar-refractivity contribution in [3.63, 3.8) is 0 Å². The van der Waals surface area contributed by atoms with Gasteiger partial charge in [0.15, 0.2) is 0 Å². The fourth-order valence-corrected chi connectivity index (χ4v) is 3.09. The molecule has 2 rings (SSSR count). The highest BCUT2D eigenvalue weighted by molar-refractivity contribution is 7.98. The molecule has 1 nitrogen and oxygen atoms in total. The average Bonchev–Trinajstić information content (AvgIpc) is 2.30. The number of para-hydroxylation sites is 1. The molecular formula is C13H10Cl2OS. The van der Waals surface area contributed by atoms with Gasteiger partial charge in [0.1, 0.15) is 5.75 Å². The van der Waals surface area contributed by atoms with Gasteiger partial charge in [-0.3, -0.25) is 0 Å². The first kappa shape index (κ1) is 12.6. The number of rotatable bonds is 3. The third-order valence-corrected chi connectivity index (χ3v) is 4.10. The van der Waals surface area contributed by atoms with Gasteiger partial charge in [0, 0.05) is 20.7 Å². The van der Waals surface area contributed by atoms with Crippen LogP contribution in [-0.2, 0) is 5.75 Å². The van der Waals surface area contributed by atoms with Crippen LogP contribution in [0.1, 0.15) is 5.56 Å². The van der Waals surface area contributed by atoms with Gasteiger partial charge in [-0.1, -0.05) is 41.4 Å². The van der Waals surface area contributed by atoms with Gasteiger partial charge in [0.25, 0.3) is 0 Å². The van der Waals surface area contributed by atoms with E-state index in [-0.39, 0.29) is 5.75 Å². The Morgan fingerprint density at radius 3 is 2.24 bits per heavy atom. The Morgan fingerprint density at radius 1 is 0.941 bits per heavy atom. The van der Waals surface area contributed by atoms with Crippen molar-refractivity contribution in [2.75, 3.05) is 0 Å². The van der Waals surface area contributed by atoms with Crippen LogP contribution in [0, 0.1) is 0 Å². The zero-order valence-corrected chi connectivity index (χ0v) is 11.2. The Bertz CT molecular complexity index is 508. The van der Waals surface area contributed by atoms with E-state index in [0.29, 0.717) is 15.8 Å². The van der Waals surface area contributed by atoms with Gasteiger partial charge in [-0.25, -0.2) is 0 Å². The van der Waals surface area contributed by atoms with Crippen molar-refractivity contribution in [3.05, 3.63) is 58.1 Å². The van der Waals surface area contributed by atoms with Crippen LogP contribution in [0.4, 0.5) is 0 Å². The van der Waals surface area contributed by atoms with Gasteiger partial charge in [-0.2, -0.15) is 0 Å². The summed E-state index contributed by atoms with van der Waals surface area (Å²) in [6.45, 7) is 0. The summed E-state index contributed by atoms with van der Waals surface area (Å²) in [5.41, 5.74) is 0.893. The van der Waals surface area contributed by atoms with Gasteiger partial charge < -0.3 is 5.11 Å². The van der Waals surface area contributed by atoms with Crippen LogP contribution < -0.4 is 0 Å². The van der Waals surface area contributed by atoms with Crippen LogP contribution in [0.5, 0.6) is 5.75 Å². The van der Waals surface area contributed by atoms with Crippen LogP contribution in [0.3, 0.4) is 0 Å². The number of hydrogen-bond donors (Lipinski definition) is 1. The van der Waals surface area contributed by atoms with Crippen molar-refractivity contribution in [2.45, 2.75) is 10.6 Å². The Kier molecular flexibility index (Phi) is 4.21. The molecule has 0 amide bonds. The minimum absolute atomic E-state index is 0.278. The van der Waals surface area contributed by atoms with Crippen LogP contribution >= 0.6 is 35.0 Å². The minimum atomic E-state index is 0.278. The molecule has 88 valence electrons. The lowest BCUT2D eigenvalue weighted by Gasteiger charge is -2.07. The molecule has 2 aromatic carbocycles. The highest BCUT2D eigenvalue weighted by atomic mass is 35.5. The molecule has 0 bridgehead atoms. The fraction of sp³-hybridized carbons (Fsp3) is 0.0769. The molecule has 0 unspecified atom stereocenters. The SMILES string of the molecule is Oc1ccccc1SCc1c(Cl)cccc1Cl. The molecule has 2 aromatic rings. The Hall–Kier alpha value is -0.830. The van der Waals surface area contributed by atoms with Gasteiger partial charge >= 0.3 is 0 Å². The number of thioether (sulfide) groups is 1. The molecule has 0 aliphatic carbocycles. The van der Waals surface area contributed by atoms with Crippen molar-refractivity contribution >= 4 is 35.0 Å². The normalized spacial score (nSPS) is 10.5. The molecule has 0 aromatic heterocycles. The smallest absolute Gasteiger partial charge is 0.129 e. The van der Waals surface area contributed by atoms with Crippen LogP contribution in [0.25, 0.3) is 0 Å². The van der Waals surface area contributed by atoms with Crippen molar-refractivity contribution < 1.29 is 5.11 Å². The van der Waals surface area contributed by atoms with Crippen molar-refractivity contribution in [3.8, 4) is 5.75 Å². The van der Waals surface area contributed by atoms with E-state index in [1.165, 1.54) is 11.8 Å². The van der Waals surface area contributed by atoms with Gasteiger partial charge in [-0.15, -0.1) is 11.8 Å². The minimum Gasteiger partial charge on any atom is -0.507 e. The predicted octanol–water partition coefficient (Wildman–Crippen LogP) is 4.99. The van der Waals surface area contributed by atoms with E-state index in [0.717, 1.165) is 10.5 Å². The first-order chi connectivity index (χ1) is 8.18. The Balaban J connectivity index is 2.16. The molecule has 17 heavy (non-hydrogen) atoms. The summed E-state index contributed by atoms with van der Waals surface area (Å²) in [6, 6.07) is 12.7. The van der Waals surface area contributed by atoms with Gasteiger partial charge in [0.2, 0.25) is 0 Å². The van der Waals surface area contributed by atoms with Crippen molar-refractivity contribution in [2.24, 2.45) is 0 Å². The van der Waals surface area contributed by atoms with Crippen molar-refractivity contribution in [1.29, 1.82) is 0 Å². The molecule has 0 fully saturated rings. The average molecular weight is 285 g/mol. The van der Waals surface area contributed by atoms with Crippen LogP contribution in [0.2, 0.25) is 10.0 Å². The summed E-state index contributed by atoms with van der Waals surface area (Å²) in [5.74, 6) is 0.913. The lowest BCUT2D eigenvalue weighted by atomic mass is 10.2. The standard InChI is InChI=1S/C13H10Cl2OS/c14-10-4-3-5-11(15)9(10)8-17-13-7-2-1-6-12(13)16/h1-7,16H,8H2. The van der Waals surface area contributed by atoms with E-state index in [1.54, 1.807) is 12.1 Å². The molecule has 4 heteroatoms. The highest BCUT2D eigenvalue weighted by Gasteiger charge is 2.07. The summed E-state index contributed by atoms with van der Waals surface area (Å²) in [7, 11) is 0. The maximum absolute atomic E-state index is 9.64. The molecule has 0 radical (unpaired) electrons. The molecule has 0 heterocycles. The second kappa shape index (κ2) is 5.67. The maximum atomic E-state index is 9.64. The Labute approximate surface area is 114 Å². The van der Waals surface area contributed by atoms with E-state index in [9.17, 15) is 5.11 Å². The molecule has 0 aliphatic heterocycles. The van der Waals surface area contributed by atoms with E-state index < -0.39 is 0 Å². The lowest BCUT2D eigenvalue weighted by molar-refractivity contribution is 0.462. The molecule has 0 saturated heterocycles. The first-order valence-corrected chi connectivity index (χ1v) is 6.76. The summed E-state index contributed by atoms with van der Waals surface area (Å²) >= 11 is 13.7. The summed E-state index contributed by atoms with van der Waals surface area (Å²) < 4.78 is 0. The second-order valence-electron chi connectivity index (χ2n) is 3.46. The third-order valence-electron chi connectivity index (χ3n) is 2.30. The number of aromatic hydroxyl groups is 1. The molecule has 0 saturated carbocycles. The molecule has 0 atom stereocenters. The third kappa shape index (κ3) is 3.09. The molecule has 1 N–H and O–H groups in total. The molecular weight excluding hydrogens is 275 g/mol. The summed E-state index contributed by atoms with van der Waals surface area (Å²) in [4.78, 5) is 0.823. The number of hydrogen-bond acceptors (Lipinski definition) is 2. The molecule has 0 spiro atoms. The second-order valence-corrected chi connectivity index (χ2v) is 5.29. The van der Waals surface area contributed by atoms with E-state index in [4.69, 9.17) is 23.2 Å². The Morgan fingerprint density at radius 2 is 1.59 bits per heavy atom. The first-order valence-electron chi connectivity index (χ1n) is 5.02. The van der Waals surface area contributed by atoms with Crippen LogP contribution in [0.15, 0.2) is 47.4 Å². The monoisotopic (exact) mass is 284 g/mol. The van der Waals surface area contributed by atoms with Crippen molar-refractivity contribution in [1.82, 2.24) is 0 Å². The topological polar surface area (TPSA) is 20.2 Å². The number of benzene rings is 2. The number of phenolic OH excluding ortho intramolecular Hbond substituents is 1. The largest absolute Gasteiger partial charge is 0.507 e. The van der Waals surface area contributed by atoms with Gasteiger partial charge in [-0.05, 0) is 29.8 Å². The number of halogens is 2. The molecule has 0 aliphatic rings. The van der Waals surface area contributed by atoms with E-state index in [2.05, 4.69) is 0 Å². The zero-order chi connectivity index (χ0) is 12.3. The van der Waals surface area contributed by atoms with E-state index >= 15 is 0 Å². The van der Waals surface area contributed by atoms with Crippen LogP contribution in [-0.4, -0.2) is 5.11 Å². The number of phenols is 1. The highest BCUT2D eigenvalue weighted by Crippen LogP contribution is 2.34. The summed E-state index contributed by atoms with van der Waals surface area (Å²) in [6.07, 6.45) is 0. The summed E-state index contributed by atoms with van der Waals surface area (Å²) in [5, 5.41) is 10.9. The maximum Gasteiger partial charge on any atom is 0.129 e. The fourth-order valence-electron chi connectivity index (χ4n) is 1.40. The van der Waals surface area contributed by atoms with Gasteiger partial charge in [0.05, 0.1) is 0 Å². The lowest BCUT2D eigenvalue weighted by Crippen LogP contribution is -1.84. The zero-order valence-electron chi connectivity index (χ0n) is 8.86.